The number of phenolic OH excluding ortho intramolecular Hbond substituents is 1. The Bertz CT molecular complexity index is 624. The number of benzene rings is 1. The van der Waals surface area contributed by atoms with Gasteiger partial charge in [0, 0.05) is 11.8 Å². The molecule has 3 heteroatoms. The molecule has 0 radical (unpaired) electrons. The molecule has 112 valence electrons. The number of fused-ring (bicyclic) bond motifs is 5. The van der Waals surface area contributed by atoms with E-state index in [0.717, 1.165) is 49.7 Å². The van der Waals surface area contributed by atoms with Crippen LogP contribution in [0.15, 0.2) is 12.1 Å². The van der Waals surface area contributed by atoms with Crippen molar-refractivity contribution in [2.24, 2.45) is 17.3 Å². The van der Waals surface area contributed by atoms with E-state index in [2.05, 4.69) is 6.92 Å². The first-order valence-electron chi connectivity index (χ1n) is 8.05. The summed E-state index contributed by atoms with van der Waals surface area (Å²) < 4.78 is 13.8. The Morgan fingerprint density at radius 1 is 1.24 bits per heavy atom. The molecule has 0 saturated heterocycles. The van der Waals surface area contributed by atoms with Crippen molar-refractivity contribution in [3.05, 3.63) is 29.1 Å². The maximum absolute atomic E-state index is 13.8. The number of carbonyl (C=O) groups excluding carboxylic acids is 1. The zero-order valence-electron chi connectivity index (χ0n) is 12.4. The van der Waals surface area contributed by atoms with E-state index in [1.165, 1.54) is 0 Å². The number of ketones is 1. The summed E-state index contributed by atoms with van der Waals surface area (Å²) in [5.41, 5.74) is 2.06. The van der Waals surface area contributed by atoms with Gasteiger partial charge in [-0.3, -0.25) is 4.79 Å². The largest absolute Gasteiger partial charge is 0.505 e. The fourth-order valence-corrected chi connectivity index (χ4v) is 5.35. The minimum atomic E-state index is -0.509. The Labute approximate surface area is 124 Å². The maximum Gasteiger partial charge on any atom is 0.165 e. The standard InChI is InChI=1S/C18H21FO2/c1-18-7-6-11-12(14(18)4-5-17(18)21)3-2-10-8-16(20)15(19)9-13(10)11/h8-9,11-12,14,20H,2-7H2,1H3/t11-,12+,14-,18-/m0/s1. The van der Waals surface area contributed by atoms with E-state index in [-0.39, 0.29) is 11.2 Å². The van der Waals surface area contributed by atoms with Gasteiger partial charge in [-0.2, -0.15) is 0 Å². The monoisotopic (exact) mass is 288 g/mol. The number of carbonyl (C=O) groups is 1. The fraction of sp³-hybridized carbons (Fsp3) is 0.611. The topological polar surface area (TPSA) is 37.3 Å². The molecule has 3 aliphatic rings. The Hall–Kier alpha value is -1.38. The van der Waals surface area contributed by atoms with Crippen LogP contribution in [0, 0.1) is 23.1 Å². The average molecular weight is 288 g/mol. The van der Waals surface area contributed by atoms with Crippen molar-refractivity contribution in [3.8, 4) is 5.75 Å². The highest BCUT2D eigenvalue weighted by Gasteiger charge is 2.54. The molecule has 1 aromatic rings. The number of aromatic hydroxyl groups is 1. The summed E-state index contributed by atoms with van der Waals surface area (Å²) in [4.78, 5) is 12.3. The lowest BCUT2D eigenvalue weighted by atomic mass is 9.55. The number of halogens is 1. The Kier molecular flexibility index (Phi) is 2.73. The molecule has 0 aliphatic heterocycles. The molecule has 4 rings (SSSR count). The van der Waals surface area contributed by atoms with Gasteiger partial charge in [-0.05, 0) is 73.1 Å². The maximum atomic E-state index is 13.8. The fourth-order valence-electron chi connectivity index (χ4n) is 5.35. The van der Waals surface area contributed by atoms with Crippen LogP contribution in [0.1, 0.15) is 56.1 Å². The molecule has 2 saturated carbocycles. The van der Waals surface area contributed by atoms with E-state index in [1.807, 2.05) is 0 Å². The van der Waals surface area contributed by atoms with Gasteiger partial charge in [0.2, 0.25) is 0 Å². The van der Waals surface area contributed by atoms with Crippen LogP contribution in [0.3, 0.4) is 0 Å². The van der Waals surface area contributed by atoms with E-state index >= 15 is 0 Å². The minimum Gasteiger partial charge on any atom is -0.505 e. The van der Waals surface area contributed by atoms with E-state index in [4.69, 9.17) is 0 Å². The zero-order valence-corrected chi connectivity index (χ0v) is 12.4. The Morgan fingerprint density at radius 2 is 2.05 bits per heavy atom. The van der Waals surface area contributed by atoms with E-state index in [0.29, 0.717) is 23.5 Å². The van der Waals surface area contributed by atoms with Crippen LogP contribution in [-0.4, -0.2) is 10.9 Å². The third-order valence-corrected chi connectivity index (χ3v) is 6.50. The Morgan fingerprint density at radius 3 is 2.86 bits per heavy atom. The summed E-state index contributed by atoms with van der Waals surface area (Å²) in [6.07, 6.45) is 5.59. The van der Waals surface area contributed by atoms with Crippen LogP contribution >= 0.6 is 0 Å². The van der Waals surface area contributed by atoms with Gasteiger partial charge in [-0.15, -0.1) is 0 Å². The summed E-state index contributed by atoms with van der Waals surface area (Å²) in [6, 6.07) is 3.15. The molecule has 4 atom stereocenters. The third-order valence-electron chi connectivity index (χ3n) is 6.50. The normalized spacial score (nSPS) is 37.8. The molecule has 1 N–H and O–H groups in total. The zero-order chi connectivity index (χ0) is 14.8. The molecule has 0 bridgehead atoms. The molecule has 2 nitrogen and oxygen atoms in total. The SMILES string of the molecule is C[C@]12CC[C@@H]3c4cc(F)c(O)cc4CC[C@H]3[C@@H]1CCC2=O. The molecule has 0 heterocycles. The van der Waals surface area contributed by atoms with Gasteiger partial charge in [-0.1, -0.05) is 6.92 Å². The lowest BCUT2D eigenvalue weighted by Crippen LogP contribution is -2.42. The summed E-state index contributed by atoms with van der Waals surface area (Å²) in [5.74, 6) is 1.04. The number of rotatable bonds is 0. The van der Waals surface area contributed by atoms with Crippen LogP contribution in [0.25, 0.3) is 0 Å². The second-order valence-corrected chi connectivity index (χ2v) is 7.34. The minimum absolute atomic E-state index is 0.131. The Balaban J connectivity index is 1.75. The number of phenols is 1. The van der Waals surface area contributed by atoms with Gasteiger partial charge in [0.1, 0.15) is 5.78 Å². The van der Waals surface area contributed by atoms with Gasteiger partial charge in [-0.25, -0.2) is 4.39 Å². The highest BCUT2D eigenvalue weighted by Crippen LogP contribution is 2.59. The van der Waals surface area contributed by atoms with Crippen molar-refractivity contribution >= 4 is 5.78 Å². The van der Waals surface area contributed by atoms with E-state index in [1.54, 1.807) is 12.1 Å². The first-order valence-corrected chi connectivity index (χ1v) is 8.05. The lowest BCUT2D eigenvalue weighted by molar-refractivity contribution is -0.129. The van der Waals surface area contributed by atoms with Gasteiger partial charge < -0.3 is 5.11 Å². The van der Waals surface area contributed by atoms with E-state index in [9.17, 15) is 14.3 Å². The third kappa shape index (κ3) is 1.72. The molecule has 0 unspecified atom stereocenters. The highest BCUT2D eigenvalue weighted by atomic mass is 19.1. The molecule has 3 aliphatic carbocycles. The quantitative estimate of drug-likeness (QED) is 0.784. The van der Waals surface area contributed by atoms with Crippen LogP contribution in [-0.2, 0) is 11.2 Å². The second-order valence-electron chi connectivity index (χ2n) is 7.34. The number of hydrogen-bond acceptors (Lipinski definition) is 2. The second kappa shape index (κ2) is 4.31. The molecule has 0 aromatic heterocycles. The van der Waals surface area contributed by atoms with Gasteiger partial charge in [0.15, 0.2) is 11.6 Å². The van der Waals surface area contributed by atoms with Crippen molar-refractivity contribution in [1.82, 2.24) is 0 Å². The first kappa shape index (κ1) is 13.3. The molecular weight excluding hydrogens is 267 g/mol. The molecule has 1 aromatic carbocycles. The molecular formula is C18H21FO2. The predicted molar refractivity (Wildman–Crippen MR) is 77.7 cm³/mol. The van der Waals surface area contributed by atoms with Crippen molar-refractivity contribution < 1.29 is 14.3 Å². The molecule has 2 fully saturated rings. The molecule has 21 heavy (non-hydrogen) atoms. The molecule has 0 spiro atoms. The lowest BCUT2D eigenvalue weighted by Gasteiger charge is -2.48. The van der Waals surface area contributed by atoms with Crippen molar-refractivity contribution in [2.45, 2.75) is 51.4 Å². The predicted octanol–water partition coefficient (Wildman–Crippen LogP) is 3.96. The summed E-state index contributed by atoms with van der Waals surface area (Å²) in [7, 11) is 0. The summed E-state index contributed by atoms with van der Waals surface area (Å²) >= 11 is 0. The average Bonchev–Trinajstić information content (AvgIpc) is 2.76. The van der Waals surface area contributed by atoms with Crippen molar-refractivity contribution in [2.75, 3.05) is 0 Å². The molecule has 0 amide bonds. The number of hydrogen-bond donors (Lipinski definition) is 1. The summed E-state index contributed by atoms with van der Waals surface area (Å²) in [5, 5.41) is 9.58. The highest BCUT2D eigenvalue weighted by molar-refractivity contribution is 5.87. The number of Topliss-reactive ketones (excluding diaryl/α,β-unsaturated/α-hetero) is 1. The van der Waals surface area contributed by atoms with Gasteiger partial charge in [0.25, 0.3) is 0 Å². The van der Waals surface area contributed by atoms with Crippen molar-refractivity contribution in [1.29, 1.82) is 0 Å². The first-order chi connectivity index (χ1) is 10.0. The summed E-state index contributed by atoms with van der Waals surface area (Å²) in [6.45, 7) is 2.15. The van der Waals surface area contributed by atoms with Crippen LogP contribution in [0.2, 0.25) is 0 Å². The van der Waals surface area contributed by atoms with Crippen LogP contribution in [0.4, 0.5) is 4.39 Å². The van der Waals surface area contributed by atoms with Crippen LogP contribution < -0.4 is 0 Å². The smallest absolute Gasteiger partial charge is 0.165 e. The van der Waals surface area contributed by atoms with Crippen LogP contribution in [0.5, 0.6) is 5.75 Å². The van der Waals surface area contributed by atoms with Crippen molar-refractivity contribution in [3.63, 3.8) is 0 Å². The van der Waals surface area contributed by atoms with Gasteiger partial charge in [0.05, 0.1) is 0 Å². The van der Waals surface area contributed by atoms with E-state index < -0.39 is 5.82 Å². The van der Waals surface area contributed by atoms with Gasteiger partial charge >= 0.3 is 0 Å². The number of aryl methyl sites for hydroxylation is 1.